The lowest BCUT2D eigenvalue weighted by molar-refractivity contribution is -0.142. The molecule has 0 aromatic heterocycles. The predicted molar refractivity (Wildman–Crippen MR) is 156 cm³/mol. The third kappa shape index (κ3) is 6.60. The van der Waals surface area contributed by atoms with E-state index >= 15 is 0 Å². The molecular formula is C33H37N3O5. The molecule has 0 radical (unpaired) electrons. The molecule has 2 amide bonds. The highest BCUT2D eigenvalue weighted by Gasteiger charge is 2.39. The first kappa shape index (κ1) is 28.4. The Balaban J connectivity index is 1.26. The van der Waals surface area contributed by atoms with Crippen LogP contribution in [0, 0.1) is 0 Å². The number of amides is 2. The second kappa shape index (κ2) is 12.6. The van der Waals surface area contributed by atoms with E-state index in [9.17, 15) is 19.5 Å². The summed E-state index contributed by atoms with van der Waals surface area (Å²) in [5.41, 5.74) is 4.93. The van der Waals surface area contributed by atoms with E-state index in [1.54, 1.807) is 6.92 Å². The molecule has 1 atom stereocenters. The number of carboxylic acids is 1. The van der Waals surface area contributed by atoms with Gasteiger partial charge in [-0.15, -0.1) is 0 Å². The van der Waals surface area contributed by atoms with Crippen molar-refractivity contribution >= 4 is 18.0 Å². The topological polar surface area (TPSA) is 108 Å². The van der Waals surface area contributed by atoms with Crippen molar-refractivity contribution in [2.75, 3.05) is 19.7 Å². The first-order valence-corrected chi connectivity index (χ1v) is 14.3. The van der Waals surface area contributed by atoms with Crippen LogP contribution in [-0.4, -0.2) is 59.3 Å². The Morgan fingerprint density at radius 1 is 0.927 bits per heavy atom. The Morgan fingerprint density at radius 2 is 1.51 bits per heavy atom. The van der Waals surface area contributed by atoms with Crippen LogP contribution in [0.4, 0.5) is 4.79 Å². The standard InChI is InChI=1S/C33H37N3O5/c1-2-29(31(38)39)34-30(37)20-33(16-18-36(19-17-33)21-23-10-4-3-5-11-23)35-32(40)41-22-28-26-14-8-6-12-24(26)25-13-7-9-15-27(25)28/h3-15,28-29H,2,16-22H2,1H3,(H,34,37)(H,35,40)(H,38,39). The average molecular weight is 556 g/mol. The number of carbonyl (C=O) groups excluding carboxylic acids is 2. The summed E-state index contributed by atoms with van der Waals surface area (Å²) >= 11 is 0. The molecule has 0 spiro atoms. The molecule has 8 heteroatoms. The van der Waals surface area contributed by atoms with Crippen molar-refractivity contribution in [1.29, 1.82) is 0 Å². The van der Waals surface area contributed by atoms with Gasteiger partial charge >= 0.3 is 12.1 Å². The molecule has 1 aliphatic carbocycles. The van der Waals surface area contributed by atoms with Gasteiger partial charge in [0.05, 0.1) is 5.54 Å². The molecule has 1 fully saturated rings. The number of nitrogens with zero attached hydrogens (tertiary/aromatic N) is 1. The van der Waals surface area contributed by atoms with Crippen molar-refractivity contribution in [1.82, 2.24) is 15.5 Å². The first-order valence-electron chi connectivity index (χ1n) is 14.3. The van der Waals surface area contributed by atoms with Crippen LogP contribution in [0.2, 0.25) is 0 Å². The van der Waals surface area contributed by atoms with E-state index in [0.717, 1.165) is 28.8 Å². The number of carboxylic acid groups (broad SMARTS) is 1. The zero-order chi connectivity index (χ0) is 28.8. The minimum absolute atomic E-state index is 0.0137. The van der Waals surface area contributed by atoms with Gasteiger partial charge < -0.3 is 20.5 Å². The zero-order valence-electron chi connectivity index (χ0n) is 23.3. The number of alkyl carbamates (subject to hydrolysis) is 1. The van der Waals surface area contributed by atoms with Gasteiger partial charge in [0.1, 0.15) is 12.6 Å². The lowest BCUT2D eigenvalue weighted by atomic mass is 9.83. The van der Waals surface area contributed by atoms with Gasteiger partial charge in [-0.2, -0.15) is 0 Å². The number of fused-ring (bicyclic) bond motifs is 3. The quantitative estimate of drug-likeness (QED) is 0.328. The molecule has 0 saturated carbocycles. The number of likely N-dealkylation sites (tertiary alicyclic amines) is 1. The number of hydrogen-bond acceptors (Lipinski definition) is 5. The average Bonchev–Trinajstić information content (AvgIpc) is 3.30. The molecule has 214 valence electrons. The smallest absolute Gasteiger partial charge is 0.407 e. The molecule has 1 heterocycles. The summed E-state index contributed by atoms with van der Waals surface area (Å²) in [6.07, 6.45) is 0.781. The zero-order valence-corrected chi connectivity index (χ0v) is 23.3. The minimum Gasteiger partial charge on any atom is -0.480 e. The van der Waals surface area contributed by atoms with Crippen LogP contribution in [-0.2, 0) is 20.9 Å². The van der Waals surface area contributed by atoms with E-state index in [-0.39, 0.29) is 25.4 Å². The monoisotopic (exact) mass is 555 g/mol. The van der Waals surface area contributed by atoms with Gasteiger partial charge in [0.2, 0.25) is 5.91 Å². The summed E-state index contributed by atoms with van der Waals surface area (Å²) in [5.74, 6) is -1.53. The van der Waals surface area contributed by atoms with E-state index in [2.05, 4.69) is 51.9 Å². The Morgan fingerprint density at radius 3 is 2.10 bits per heavy atom. The van der Waals surface area contributed by atoms with E-state index in [4.69, 9.17) is 4.74 Å². The van der Waals surface area contributed by atoms with Gasteiger partial charge in [-0.05, 0) is 47.1 Å². The van der Waals surface area contributed by atoms with E-state index in [1.807, 2.05) is 42.5 Å². The van der Waals surface area contributed by atoms with Gasteiger partial charge in [-0.1, -0.05) is 85.8 Å². The van der Waals surface area contributed by atoms with Crippen LogP contribution >= 0.6 is 0 Å². The highest BCUT2D eigenvalue weighted by Crippen LogP contribution is 2.44. The summed E-state index contributed by atoms with van der Waals surface area (Å²) in [5, 5.41) is 15.1. The maximum absolute atomic E-state index is 13.3. The maximum Gasteiger partial charge on any atom is 0.407 e. The molecule has 8 nitrogen and oxygen atoms in total. The van der Waals surface area contributed by atoms with Gasteiger partial charge in [-0.3, -0.25) is 9.69 Å². The lowest BCUT2D eigenvalue weighted by Gasteiger charge is -2.42. The molecule has 1 unspecified atom stereocenters. The molecule has 3 N–H and O–H groups in total. The Kier molecular flexibility index (Phi) is 8.69. The van der Waals surface area contributed by atoms with Crippen LogP contribution in [0.1, 0.15) is 55.2 Å². The molecule has 1 saturated heterocycles. The van der Waals surface area contributed by atoms with E-state index in [0.29, 0.717) is 25.9 Å². The van der Waals surface area contributed by atoms with Crippen molar-refractivity contribution in [3.8, 4) is 11.1 Å². The predicted octanol–water partition coefficient (Wildman–Crippen LogP) is 4.93. The molecule has 3 aromatic carbocycles. The summed E-state index contributed by atoms with van der Waals surface area (Å²) in [4.78, 5) is 40.1. The maximum atomic E-state index is 13.3. The Bertz CT molecular complexity index is 1340. The number of carbonyl (C=O) groups is 3. The first-order chi connectivity index (χ1) is 19.9. The second-order valence-electron chi connectivity index (χ2n) is 11.0. The molecule has 1 aliphatic heterocycles. The number of nitrogens with one attached hydrogen (secondary N) is 2. The lowest BCUT2D eigenvalue weighted by Crippen LogP contribution is -2.58. The molecule has 41 heavy (non-hydrogen) atoms. The fourth-order valence-corrected chi connectivity index (χ4v) is 6.07. The van der Waals surface area contributed by atoms with E-state index < -0.39 is 29.6 Å². The second-order valence-corrected chi connectivity index (χ2v) is 11.0. The summed E-state index contributed by atoms with van der Waals surface area (Å²) in [6.45, 7) is 4.04. The van der Waals surface area contributed by atoms with Crippen molar-refractivity contribution in [3.63, 3.8) is 0 Å². The van der Waals surface area contributed by atoms with Crippen LogP contribution in [0.5, 0.6) is 0 Å². The number of hydrogen-bond donors (Lipinski definition) is 3. The fourth-order valence-electron chi connectivity index (χ4n) is 6.07. The van der Waals surface area contributed by atoms with Crippen molar-refractivity contribution < 1.29 is 24.2 Å². The van der Waals surface area contributed by atoms with Gasteiger partial charge in [0.15, 0.2) is 0 Å². The fraction of sp³-hybridized carbons (Fsp3) is 0.364. The molecule has 0 bridgehead atoms. The normalized spacial score (nSPS) is 16.7. The van der Waals surface area contributed by atoms with Crippen LogP contribution in [0.3, 0.4) is 0 Å². The number of aliphatic carboxylic acids is 1. The number of benzene rings is 3. The molecule has 5 rings (SSSR count). The number of piperidine rings is 1. The third-order valence-corrected chi connectivity index (χ3v) is 8.31. The highest BCUT2D eigenvalue weighted by molar-refractivity contribution is 5.84. The summed E-state index contributed by atoms with van der Waals surface area (Å²) < 4.78 is 5.82. The highest BCUT2D eigenvalue weighted by atomic mass is 16.5. The van der Waals surface area contributed by atoms with Crippen molar-refractivity contribution in [2.24, 2.45) is 0 Å². The largest absolute Gasteiger partial charge is 0.480 e. The Labute approximate surface area is 240 Å². The summed E-state index contributed by atoms with van der Waals surface area (Å²) in [6, 6.07) is 25.6. The van der Waals surface area contributed by atoms with Gasteiger partial charge in [-0.25, -0.2) is 9.59 Å². The summed E-state index contributed by atoms with van der Waals surface area (Å²) in [7, 11) is 0. The van der Waals surface area contributed by atoms with Crippen molar-refractivity contribution in [3.05, 3.63) is 95.6 Å². The van der Waals surface area contributed by atoms with Crippen LogP contribution in [0.25, 0.3) is 11.1 Å². The van der Waals surface area contributed by atoms with E-state index in [1.165, 1.54) is 5.56 Å². The minimum atomic E-state index is -1.07. The molecular weight excluding hydrogens is 518 g/mol. The van der Waals surface area contributed by atoms with Gasteiger partial charge in [0, 0.05) is 32.0 Å². The SMILES string of the molecule is CCC(NC(=O)CC1(NC(=O)OCC2c3ccccc3-c3ccccc32)CCN(Cc2ccccc2)CC1)C(=O)O. The van der Waals surface area contributed by atoms with Crippen LogP contribution < -0.4 is 10.6 Å². The Hall–Kier alpha value is -4.17. The number of rotatable bonds is 10. The number of ether oxygens (including phenoxy) is 1. The molecule has 2 aliphatic rings. The van der Waals surface area contributed by atoms with Crippen molar-refractivity contribution in [2.45, 2.75) is 56.7 Å². The molecule has 3 aromatic rings. The third-order valence-electron chi connectivity index (χ3n) is 8.31. The van der Waals surface area contributed by atoms with Crippen LogP contribution in [0.15, 0.2) is 78.9 Å². The van der Waals surface area contributed by atoms with Gasteiger partial charge in [0.25, 0.3) is 0 Å².